The van der Waals surface area contributed by atoms with Crippen molar-refractivity contribution in [1.29, 1.82) is 0 Å². The first-order valence-corrected chi connectivity index (χ1v) is 7.32. The summed E-state index contributed by atoms with van der Waals surface area (Å²) in [5, 5.41) is 14.0. The van der Waals surface area contributed by atoms with Crippen molar-refractivity contribution in [3.63, 3.8) is 0 Å². The summed E-state index contributed by atoms with van der Waals surface area (Å²) in [6.45, 7) is 8.90. The van der Waals surface area contributed by atoms with E-state index in [0.717, 1.165) is 37.8 Å². The Morgan fingerprint density at radius 1 is 1.12 bits per heavy atom. The lowest BCUT2D eigenvalue weighted by molar-refractivity contribution is -0.0237. The van der Waals surface area contributed by atoms with Gasteiger partial charge in [0.1, 0.15) is 0 Å². The molecule has 0 atom stereocenters. The summed E-state index contributed by atoms with van der Waals surface area (Å²) >= 11 is 0. The molecule has 100 valence electrons. The summed E-state index contributed by atoms with van der Waals surface area (Å²) in [4.78, 5) is 0. The van der Waals surface area contributed by atoms with Crippen LogP contribution in [0, 0.1) is 17.3 Å². The zero-order valence-corrected chi connectivity index (χ0v) is 11.8. The van der Waals surface area contributed by atoms with Crippen LogP contribution in [0.25, 0.3) is 0 Å². The smallest absolute Gasteiger partial charge is 0.0771 e. The van der Waals surface area contributed by atoms with Crippen molar-refractivity contribution in [2.24, 2.45) is 17.3 Å². The molecule has 2 N–H and O–H groups in total. The maximum atomic E-state index is 10.5. The second kappa shape index (κ2) is 4.89. The van der Waals surface area contributed by atoms with Gasteiger partial charge in [-0.15, -0.1) is 0 Å². The molecule has 0 bridgehead atoms. The van der Waals surface area contributed by atoms with Gasteiger partial charge in [-0.25, -0.2) is 0 Å². The molecule has 0 saturated heterocycles. The third kappa shape index (κ3) is 3.96. The molecule has 0 unspecified atom stereocenters. The quantitative estimate of drug-likeness (QED) is 0.790. The minimum Gasteiger partial charge on any atom is -0.389 e. The third-order valence-electron chi connectivity index (χ3n) is 4.73. The van der Waals surface area contributed by atoms with E-state index in [9.17, 15) is 5.11 Å². The fraction of sp³-hybridized carbons (Fsp3) is 1.00. The van der Waals surface area contributed by atoms with Crippen molar-refractivity contribution >= 4 is 0 Å². The van der Waals surface area contributed by atoms with Gasteiger partial charge in [0.25, 0.3) is 0 Å². The van der Waals surface area contributed by atoms with Gasteiger partial charge in [-0.3, -0.25) is 0 Å². The molecule has 2 aliphatic rings. The van der Waals surface area contributed by atoms with Crippen LogP contribution >= 0.6 is 0 Å². The molecule has 0 aromatic rings. The van der Waals surface area contributed by atoms with Crippen LogP contribution in [0.2, 0.25) is 0 Å². The Bertz CT molecular complexity index is 244. The minimum atomic E-state index is -0.420. The highest BCUT2D eigenvalue weighted by Crippen LogP contribution is 2.41. The number of hydrogen-bond donors (Lipinski definition) is 2. The fourth-order valence-corrected chi connectivity index (χ4v) is 3.03. The van der Waals surface area contributed by atoms with Gasteiger partial charge in [0.15, 0.2) is 0 Å². The standard InChI is InChI=1S/C15H29NO/c1-14(2,3)13-6-8-15(17,9-7-13)11-16-10-12-4-5-12/h12-13,16-17H,4-11H2,1-3H3. The highest BCUT2D eigenvalue weighted by Gasteiger charge is 2.37. The molecule has 0 heterocycles. The Morgan fingerprint density at radius 2 is 1.71 bits per heavy atom. The zero-order chi connectivity index (χ0) is 12.5. The van der Waals surface area contributed by atoms with E-state index in [2.05, 4.69) is 26.1 Å². The van der Waals surface area contributed by atoms with Crippen LogP contribution in [0.4, 0.5) is 0 Å². The van der Waals surface area contributed by atoms with E-state index in [-0.39, 0.29) is 0 Å². The maximum Gasteiger partial charge on any atom is 0.0771 e. The molecule has 2 fully saturated rings. The predicted molar refractivity (Wildman–Crippen MR) is 72.0 cm³/mol. The molecular weight excluding hydrogens is 210 g/mol. The van der Waals surface area contributed by atoms with Crippen LogP contribution in [0.15, 0.2) is 0 Å². The molecule has 0 aliphatic heterocycles. The predicted octanol–water partition coefficient (Wildman–Crippen LogP) is 2.95. The molecule has 0 radical (unpaired) electrons. The maximum absolute atomic E-state index is 10.5. The average Bonchev–Trinajstić information content (AvgIpc) is 3.00. The summed E-state index contributed by atoms with van der Waals surface area (Å²) in [7, 11) is 0. The SMILES string of the molecule is CC(C)(C)C1CCC(O)(CNCC2CC2)CC1. The van der Waals surface area contributed by atoms with Crippen molar-refractivity contribution in [3.05, 3.63) is 0 Å². The lowest BCUT2D eigenvalue weighted by Gasteiger charge is -2.41. The molecular formula is C15H29NO. The molecule has 17 heavy (non-hydrogen) atoms. The second-order valence-electron chi connectivity index (χ2n) is 7.44. The molecule has 0 spiro atoms. The fourth-order valence-electron chi connectivity index (χ4n) is 3.03. The molecule has 2 aliphatic carbocycles. The molecule has 0 aromatic heterocycles. The van der Waals surface area contributed by atoms with Gasteiger partial charge in [0.2, 0.25) is 0 Å². The van der Waals surface area contributed by atoms with E-state index >= 15 is 0 Å². The number of nitrogens with one attached hydrogen (secondary N) is 1. The van der Waals surface area contributed by atoms with Crippen LogP contribution < -0.4 is 5.32 Å². The lowest BCUT2D eigenvalue weighted by atomic mass is 9.68. The Labute approximate surface area is 106 Å². The number of aliphatic hydroxyl groups is 1. The molecule has 0 amide bonds. The first kappa shape index (κ1) is 13.4. The van der Waals surface area contributed by atoms with Crippen molar-refractivity contribution in [1.82, 2.24) is 5.32 Å². The highest BCUT2D eigenvalue weighted by molar-refractivity contribution is 4.91. The van der Waals surface area contributed by atoms with Crippen molar-refractivity contribution in [3.8, 4) is 0 Å². The van der Waals surface area contributed by atoms with Gasteiger partial charge < -0.3 is 10.4 Å². The summed E-state index contributed by atoms with van der Waals surface area (Å²) < 4.78 is 0. The van der Waals surface area contributed by atoms with E-state index in [1.54, 1.807) is 0 Å². The van der Waals surface area contributed by atoms with Gasteiger partial charge in [-0.1, -0.05) is 20.8 Å². The van der Waals surface area contributed by atoms with Crippen molar-refractivity contribution in [2.75, 3.05) is 13.1 Å². The zero-order valence-electron chi connectivity index (χ0n) is 11.8. The topological polar surface area (TPSA) is 32.3 Å². The summed E-state index contributed by atoms with van der Waals surface area (Å²) in [6, 6.07) is 0. The Balaban J connectivity index is 1.71. The van der Waals surface area contributed by atoms with Gasteiger partial charge in [0, 0.05) is 6.54 Å². The largest absolute Gasteiger partial charge is 0.389 e. The summed E-state index contributed by atoms with van der Waals surface area (Å²) in [5.41, 5.74) is -0.0145. The van der Waals surface area contributed by atoms with Crippen LogP contribution in [-0.2, 0) is 0 Å². The molecule has 2 saturated carbocycles. The lowest BCUT2D eigenvalue weighted by Crippen LogP contribution is -2.45. The van der Waals surface area contributed by atoms with E-state index in [1.807, 2.05) is 0 Å². The Kier molecular flexibility index (Phi) is 3.84. The summed E-state index contributed by atoms with van der Waals surface area (Å²) in [5.74, 6) is 1.69. The first-order valence-electron chi connectivity index (χ1n) is 7.32. The van der Waals surface area contributed by atoms with Gasteiger partial charge in [0.05, 0.1) is 5.60 Å². The van der Waals surface area contributed by atoms with E-state index in [4.69, 9.17) is 0 Å². The van der Waals surface area contributed by atoms with Crippen molar-refractivity contribution in [2.45, 2.75) is 64.9 Å². The van der Waals surface area contributed by atoms with E-state index in [1.165, 1.54) is 25.7 Å². The Morgan fingerprint density at radius 3 is 2.18 bits per heavy atom. The molecule has 2 rings (SSSR count). The molecule has 0 aromatic carbocycles. The van der Waals surface area contributed by atoms with Gasteiger partial charge >= 0.3 is 0 Å². The van der Waals surface area contributed by atoms with Crippen LogP contribution in [0.5, 0.6) is 0 Å². The minimum absolute atomic E-state index is 0.406. The second-order valence-corrected chi connectivity index (χ2v) is 7.44. The van der Waals surface area contributed by atoms with Crippen LogP contribution in [0.1, 0.15) is 59.3 Å². The third-order valence-corrected chi connectivity index (χ3v) is 4.73. The monoisotopic (exact) mass is 239 g/mol. The van der Waals surface area contributed by atoms with Crippen molar-refractivity contribution < 1.29 is 5.11 Å². The van der Waals surface area contributed by atoms with Gasteiger partial charge in [-0.05, 0) is 62.3 Å². The molecule has 2 nitrogen and oxygen atoms in total. The first-order chi connectivity index (χ1) is 7.89. The van der Waals surface area contributed by atoms with Crippen LogP contribution in [0.3, 0.4) is 0 Å². The van der Waals surface area contributed by atoms with E-state index < -0.39 is 5.60 Å². The number of hydrogen-bond acceptors (Lipinski definition) is 2. The van der Waals surface area contributed by atoms with E-state index in [0.29, 0.717) is 5.41 Å². The Hall–Kier alpha value is -0.0800. The van der Waals surface area contributed by atoms with Gasteiger partial charge in [-0.2, -0.15) is 0 Å². The summed E-state index contributed by atoms with van der Waals surface area (Å²) in [6.07, 6.45) is 7.10. The number of rotatable bonds is 4. The average molecular weight is 239 g/mol. The van der Waals surface area contributed by atoms with Crippen LogP contribution in [-0.4, -0.2) is 23.8 Å². The highest BCUT2D eigenvalue weighted by atomic mass is 16.3. The molecule has 2 heteroatoms. The normalized spacial score (nSPS) is 34.9.